The Morgan fingerprint density at radius 1 is 0.941 bits per heavy atom. The maximum absolute atomic E-state index is 11.9. The SMILES string of the molecule is NC1(c2ccccc2)NC(=O)c2ccccc21. The average Bonchev–Trinajstić information content (AvgIpc) is 2.65. The van der Waals surface area contributed by atoms with Crippen LogP contribution in [0.2, 0.25) is 0 Å². The van der Waals surface area contributed by atoms with Gasteiger partial charge in [0.25, 0.3) is 5.91 Å². The number of hydrogen-bond acceptors (Lipinski definition) is 2. The van der Waals surface area contributed by atoms with Crippen molar-refractivity contribution in [3.8, 4) is 0 Å². The van der Waals surface area contributed by atoms with Crippen LogP contribution in [0.3, 0.4) is 0 Å². The summed E-state index contributed by atoms with van der Waals surface area (Å²) in [5.41, 5.74) is 7.81. The molecule has 3 nitrogen and oxygen atoms in total. The number of hydrogen-bond donors (Lipinski definition) is 2. The fourth-order valence-corrected chi connectivity index (χ4v) is 2.27. The van der Waals surface area contributed by atoms with Crippen LogP contribution in [-0.4, -0.2) is 5.91 Å². The van der Waals surface area contributed by atoms with Gasteiger partial charge in [-0.05, 0) is 11.6 Å². The maximum Gasteiger partial charge on any atom is 0.253 e. The molecule has 1 aliphatic rings. The van der Waals surface area contributed by atoms with Crippen molar-refractivity contribution >= 4 is 5.91 Å². The summed E-state index contributed by atoms with van der Waals surface area (Å²) in [6, 6.07) is 17.0. The summed E-state index contributed by atoms with van der Waals surface area (Å²) >= 11 is 0. The molecule has 3 heteroatoms. The second-order valence-corrected chi connectivity index (χ2v) is 4.17. The molecule has 0 fully saturated rings. The molecule has 0 radical (unpaired) electrons. The number of rotatable bonds is 1. The van der Waals surface area contributed by atoms with Crippen LogP contribution in [0, 0.1) is 0 Å². The van der Waals surface area contributed by atoms with E-state index in [1.807, 2.05) is 48.5 Å². The lowest BCUT2D eigenvalue weighted by Crippen LogP contribution is -2.48. The molecule has 2 aromatic carbocycles. The van der Waals surface area contributed by atoms with Crippen LogP contribution in [-0.2, 0) is 5.66 Å². The predicted molar refractivity (Wildman–Crippen MR) is 65.3 cm³/mol. The number of nitrogens with two attached hydrogens (primary N) is 1. The summed E-state index contributed by atoms with van der Waals surface area (Å²) in [5.74, 6) is -0.119. The quantitative estimate of drug-likeness (QED) is 0.772. The monoisotopic (exact) mass is 224 g/mol. The van der Waals surface area contributed by atoms with Crippen molar-refractivity contribution in [2.75, 3.05) is 0 Å². The van der Waals surface area contributed by atoms with Crippen molar-refractivity contribution in [3.05, 3.63) is 71.3 Å². The lowest BCUT2D eigenvalue weighted by Gasteiger charge is -2.25. The van der Waals surface area contributed by atoms with E-state index in [1.165, 1.54) is 0 Å². The lowest BCUT2D eigenvalue weighted by molar-refractivity contribution is 0.0942. The van der Waals surface area contributed by atoms with E-state index in [4.69, 9.17) is 5.73 Å². The molecule has 0 saturated carbocycles. The first-order chi connectivity index (χ1) is 8.22. The molecule has 3 N–H and O–H groups in total. The van der Waals surface area contributed by atoms with Crippen molar-refractivity contribution in [2.45, 2.75) is 5.66 Å². The number of amides is 1. The van der Waals surface area contributed by atoms with Crippen molar-refractivity contribution in [3.63, 3.8) is 0 Å². The van der Waals surface area contributed by atoms with Gasteiger partial charge in [-0.2, -0.15) is 0 Å². The highest BCUT2D eigenvalue weighted by molar-refractivity contribution is 6.00. The standard InChI is InChI=1S/C14H12N2O/c15-14(10-6-2-1-3-7-10)12-9-5-4-8-11(12)13(17)16-14/h1-9H,15H2,(H,16,17). The van der Waals surface area contributed by atoms with Gasteiger partial charge in [-0.25, -0.2) is 0 Å². The Balaban J connectivity index is 2.21. The molecule has 3 rings (SSSR count). The number of nitrogens with one attached hydrogen (secondary N) is 1. The van der Waals surface area contributed by atoms with Crippen LogP contribution in [0.15, 0.2) is 54.6 Å². The lowest BCUT2D eigenvalue weighted by atomic mass is 9.92. The van der Waals surface area contributed by atoms with Crippen molar-refractivity contribution in [1.82, 2.24) is 5.32 Å². The largest absolute Gasteiger partial charge is 0.326 e. The number of carbonyl (C=O) groups excluding carboxylic acids is 1. The molecular weight excluding hydrogens is 212 g/mol. The zero-order valence-corrected chi connectivity index (χ0v) is 9.18. The highest BCUT2D eigenvalue weighted by Crippen LogP contribution is 2.32. The molecule has 0 saturated heterocycles. The summed E-state index contributed by atoms with van der Waals surface area (Å²) in [7, 11) is 0. The normalized spacial score (nSPS) is 22.1. The highest BCUT2D eigenvalue weighted by atomic mass is 16.2. The Kier molecular flexibility index (Phi) is 2.03. The van der Waals surface area contributed by atoms with Crippen LogP contribution in [0.1, 0.15) is 21.5 Å². The van der Waals surface area contributed by atoms with Crippen LogP contribution in [0.4, 0.5) is 0 Å². The molecule has 1 amide bonds. The number of carbonyl (C=O) groups is 1. The molecule has 1 atom stereocenters. The van der Waals surface area contributed by atoms with Crippen molar-refractivity contribution < 1.29 is 4.79 Å². The first-order valence-electron chi connectivity index (χ1n) is 5.48. The summed E-state index contributed by atoms with van der Waals surface area (Å²) < 4.78 is 0. The molecule has 0 aromatic heterocycles. The van der Waals surface area contributed by atoms with Gasteiger partial charge in [0.05, 0.1) is 0 Å². The molecule has 1 unspecified atom stereocenters. The van der Waals surface area contributed by atoms with Crippen LogP contribution < -0.4 is 11.1 Å². The van der Waals surface area contributed by atoms with Gasteiger partial charge in [-0.1, -0.05) is 48.5 Å². The third-order valence-electron chi connectivity index (χ3n) is 3.14. The predicted octanol–water partition coefficient (Wildman–Crippen LogP) is 1.59. The van der Waals surface area contributed by atoms with Gasteiger partial charge in [0, 0.05) is 11.1 Å². The Labute approximate surface area is 99.3 Å². The zero-order chi connectivity index (χ0) is 11.9. The Morgan fingerprint density at radius 2 is 1.59 bits per heavy atom. The van der Waals surface area contributed by atoms with Gasteiger partial charge in [0.15, 0.2) is 0 Å². The number of benzene rings is 2. The van der Waals surface area contributed by atoms with E-state index in [0.717, 1.165) is 11.1 Å². The molecule has 1 heterocycles. The molecule has 2 aromatic rings. The topological polar surface area (TPSA) is 55.1 Å². The molecule has 84 valence electrons. The maximum atomic E-state index is 11.9. The summed E-state index contributed by atoms with van der Waals surface area (Å²) in [6.45, 7) is 0. The van der Waals surface area contributed by atoms with Gasteiger partial charge in [0.1, 0.15) is 5.66 Å². The Morgan fingerprint density at radius 3 is 2.35 bits per heavy atom. The van der Waals surface area contributed by atoms with E-state index >= 15 is 0 Å². The van der Waals surface area contributed by atoms with E-state index in [0.29, 0.717) is 5.56 Å². The van der Waals surface area contributed by atoms with Gasteiger partial charge in [-0.15, -0.1) is 0 Å². The molecule has 0 aliphatic carbocycles. The second-order valence-electron chi connectivity index (χ2n) is 4.17. The minimum Gasteiger partial charge on any atom is -0.326 e. The molecule has 0 spiro atoms. The summed E-state index contributed by atoms with van der Waals surface area (Å²) in [4.78, 5) is 11.9. The van der Waals surface area contributed by atoms with Gasteiger partial charge in [-0.3, -0.25) is 4.79 Å². The van der Waals surface area contributed by atoms with E-state index in [9.17, 15) is 4.79 Å². The third kappa shape index (κ3) is 1.36. The molecule has 17 heavy (non-hydrogen) atoms. The van der Waals surface area contributed by atoms with Gasteiger partial charge < -0.3 is 11.1 Å². The van der Waals surface area contributed by atoms with Crippen molar-refractivity contribution in [2.24, 2.45) is 5.73 Å². The minimum absolute atomic E-state index is 0.119. The molecular formula is C14H12N2O. The molecule has 0 bridgehead atoms. The summed E-state index contributed by atoms with van der Waals surface area (Å²) in [5, 5.41) is 2.85. The van der Waals surface area contributed by atoms with Gasteiger partial charge in [0.2, 0.25) is 0 Å². The fourth-order valence-electron chi connectivity index (χ4n) is 2.27. The van der Waals surface area contributed by atoms with Gasteiger partial charge >= 0.3 is 0 Å². The first kappa shape index (κ1) is 10.1. The zero-order valence-electron chi connectivity index (χ0n) is 9.18. The smallest absolute Gasteiger partial charge is 0.253 e. The molecule has 1 aliphatic heterocycles. The summed E-state index contributed by atoms with van der Waals surface area (Å²) in [6.07, 6.45) is 0. The average molecular weight is 224 g/mol. The third-order valence-corrected chi connectivity index (χ3v) is 3.14. The fraction of sp³-hybridized carbons (Fsp3) is 0.0714. The van der Waals surface area contributed by atoms with Crippen LogP contribution >= 0.6 is 0 Å². The Hall–Kier alpha value is -2.13. The van der Waals surface area contributed by atoms with Crippen molar-refractivity contribution in [1.29, 1.82) is 0 Å². The highest BCUT2D eigenvalue weighted by Gasteiger charge is 2.40. The first-order valence-corrected chi connectivity index (χ1v) is 5.48. The Bertz CT molecular complexity index is 580. The second kappa shape index (κ2) is 3.43. The van der Waals surface area contributed by atoms with E-state index in [-0.39, 0.29) is 5.91 Å². The van der Waals surface area contributed by atoms with E-state index in [2.05, 4.69) is 5.32 Å². The van der Waals surface area contributed by atoms with E-state index in [1.54, 1.807) is 6.07 Å². The number of fused-ring (bicyclic) bond motifs is 1. The van der Waals surface area contributed by atoms with Crippen LogP contribution in [0.5, 0.6) is 0 Å². The van der Waals surface area contributed by atoms with E-state index < -0.39 is 5.66 Å². The minimum atomic E-state index is -0.908. The van der Waals surface area contributed by atoms with Crippen LogP contribution in [0.25, 0.3) is 0 Å².